The molecule has 0 fully saturated rings. The molecule has 3 heterocycles. The Bertz CT molecular complexity index is 1600. The molecule has 4 aromatic rings. The average molecular weight is 561 g/mol. The van der Waals surface area contributed by atoms with Gasteiger partial charge in [0.25, 0.3) is 0 Å². The van der Waals surface area contributed by atoms with Gasteiger partial charge in [0.15, 0.2) is 0 Å². The van der Waals surface area contributed by atoms with Crippen LogP contribution in [-0.4, -0.2) is 49.0 Å². The Labute approximate surface area is 236 Å². The third-order valence-corrected chi connectivity index (χ3v) is 7.30. The molecule has 41 heavy (non-hydrogen) atoms. The van der Waals surface area contributed by atoms with Crippen molar-refractivity contribution >= 4 is 12.0 Å². The molecule has 6 nitrogen and oxygen atoms in total. The van der Waals surface area contributed by atoms with Crippen LogP contribution in [0.3, 0.4) is 0 Å². The Balaban J connectivity index is 1.57. The van der Waals surface area contributed by atoms with Crippen LogP contribution in [-0.2, 0) is 18.3 Å². The van der Waals surface area contributed by atoms with Crippen LogP contribution in [0.4, 0.5) is 13.2 Å². The lowest BCUT2D eigenvalue weighted by atomic mass is 9.82. The van der Waals surface area contributed by atoms with E-state index in [1.807, 2.05) is 50.5 Å². The van der Waals surface area contributed by atoms with Crippen LogP contribution < -0.4 is 0 Å². The molecule has 0 saturated carbocycles. The van der Waals surface area contributed by atoms with Crippen molar-refractivity contribution in [2.24, 2.45) is 7.05 Å². The molecule has 0 amide bonds. The smallest absolute Gasteiger partial charge is 0.328 e. The molecule has 0 spiro atoms. The summed E-state index contributed by atoms with van der Waals surface area (Å²) in [5.41, 5.74) is 3.41. The Morgan fingerprint density at radius 2 is 1.78 bits per heavy atom. The number of carboxylic acids is 1. The molecular weight excluding hydrogens is 529 g/mol. The van der Waals surface area contributed by atoms with Gasteiger partial charge in [-0.3, -0.25) is 14.6 Å². The quantitative estimate of drug-likeness (QED) is 0.258. The lowest BCUT2D eigenvalue weighted by Gasteiger charge is -2.44. The van der Waals surface area contributed by atoms with E-state index in [9.17, 15) is 9.18 Å². The maximum Gasteiger partial charge on any atom is 0.328 e. The summed E-state index contributed by atoms with van der Waals surface area (Å²) in [7, 11) is 1.84. The lowest BCUT2D eigenvalue weighted by molar-refractivity contribution is -0.131. The van der Waals surface area contributed by atoms with E-state index in [1.165, 1.54) is 13.8 Å². The predicted molar refractivity (Wildman–Crippen MR) is 152 cm³/mol. The number of pyridine rings is 1. The summed E-state index contributed by atoms with van der Waals surface area (Å²) >= 11 is 0. The van der Waals surface area contributed by atoms with E-state index < -0.39 is 29.3 Å². The number of aromatic nitrogens is 3. The summed E-state index contributed by atoms with van der Waals surface area (Å²) in [5.74, 6) is -2.86. The van der Waals surface area contributed by atoms with E-state index in [4.69, 9.17) is 5.11 Å². The van der Waals surface area contributed by atoms with Gasteiger partial charge in [0.05, 0.1) is 17.9 Å². The van der Waals surface area contributed by atoms with Crippen LogP contribution in [0, 0.1) is 11.6 Å². The van der Waals surface area contributed by atoms with E-state index in [0.29, 0.717) is 12.0 Å². The molecule has 2 unspecified atom stereocenters. The van der Waals surface area contributed by atoms with Gasteiger partial charge < -0.3 is 5.11 Å². The predicted octanol–water partition coefficient (Wildman–Crippen LogP) is 6.61. The minimum absolute atomic E-state index is 0.0285. The summed E-state index contributed by atoms with van der Waals surface area (Å²) < 4.78 is 47.9. The third kappa shape index (κ3) is 6.10. The van der Waals surface area contributed by atoms with Crippen molar-refractivity contribution in [3.05, 3.63) is 101 Å². The first-order valence-corrected chi connectivity index (χ1v) is 13.3. The van der Waals surface area contributed by atoms with Gasteiger partial charge in [0.2, 0.25) is 0 Å². The second kappa shape index (κ2) is 11.0. The zero-order chi connectivity index (χ0) is 29.5. The highest BCUT2D eigenvalue weighted by Crippen LogP contribution is 2.42. The minimum atomic E-state index is -1.61. The van der Waals surface area contributed by atoms with Gasteiger partial charge in [-0.05, 0) is 73.7 Å². The number of aryl methyl sites for hydroxylation is 1. The van der Waals surface area contributed by atoms with Gasteiger partial charge in [-0.2, -0.15) is 5.10 Å². The largest absolute Gasteiger partial charge is 0.478 e. The molecule has 0 radical (unpaired) electrons. The van der Waals surface area contributed by atoms with Crippen molar-refractivity contribution in [3.8, 4) is 22.4 Å². The van der Waals surface area contributed by atoms with Crippen molar-refractivity contribution in [2.45, 2.75) is 44.9 Å². The number of rotatable bonds is 7. The fourth-order valence-electron chi connectivity index (χ4n) is 5.52. The highest BCUT2D eigenvalue weighted by molar-refractivity contribution is 5.85. The molecule has 9 heteroatoms. The molecule has 0 bridgehead atoms. The molecular formula is C32H31F3N4O2. The number of halogens is 3. The number of alkyl halides is 1. The zero-order valence-corrected chi connectivity index (χ0v) is 23.3. The van der Waals surface area contributed by atoms with Gasteiger partial charge >= 0.3 is 5.97 Å². The molecule has 2 aromatic heterocycles. The van der Waals surface area contributed by atoms with Crippen LogP contribution in [0.1, 0.15) is 49.1 Å². The zero-order valence-electron chi connectivity index (χ0n) is 23.3. The Morgan fingerprint density at radius 3 is 2.37 bits per heavy atom. The molecule has 1 aliphatic rings. The topological polar surface area (TPSA) is 71.2 Å². The first-order valence-electron chi connectivity index (χ1n) is 13.3. The standard InChI is InChI=1S/C32H31F3N4O2/c1-19-11-23-14-21(22-7-9-28(36-15-22)24-16-37-38(4)17-24)6-8-25(23)31(39(19)18-32(2,3)35)30-26(33)12-20(13-27(30)34)5-10-29(40)41/h5-10,12-17,19,31H,11,18H2,1-4H3,(H,40,41)/b10-5+. The number of nitrogens with zero attached hydrogens (tertiary/aromatic N) is 4. The monoisotopic (exact) mass is 560 g/mol. The van der Waals surface area contributed by atoms with Gasteiger partial charge in [-0.1, -0.05) is 24.3 Å². The molecule has 0 saturated heterocycles. The van der Waals surface area contributed by atoms with Crippen LogP contribution in [0.15, 0.2) is 67.1 Å². The number of benzene rings is 2. The van der Waals surface area contributed by atoms with E-state index in [2.05, 4.69) is 10.1 Å². The van der Waals surface area contributed by atoms with Crippen molar-refractivity contribution in [1.82, 2.24) is 19.7 Å². The van der Waals surface area contributed by atoms with E-state index in [1.54, 1.807) is 22.0 Å². The second-order valence-corrected chi connectivity index (χ2v) is 11.2. The van der Waals surface area contributed by atoms with Crippen molar-refractivity contribution in [3.63, 3.8) is 0 Å². The lowest BCUT2D eigenvalue weighted by Crippen LogP contribution is -2.48. The molecule has 212 valence electrons. The number of aliphatic carboxylic acids is 1. The molecule has 1 N–H and O–H groups in total. The first kappa shape index (κ1) is 28.3. The SMILES string of the molecule is CC1Cc2cc(-c3ccc(-c4cnn(C)c4)nc3)ccc2C(c2c(F)cc(/C=C/C(=O)O)cc2F)N1CC(C)(C)F. The summed E-state index contributed by atoms with van der Waals surface area (Å²) in [4.78, 5) is 17.3. The maximum absolute atomic E-state index is 15.6. The molecule has 5 rings (SSSR count). The summed E-state index contributed by atoms with van der Waals surface area (Å²) in [6.07, 6.45) is 7.95. The number of hydrogen-bond donors (Lipinski definition) is 1. The average Bonchev–Trinajstić information content (AvgIpc) is 3.34. The Kier molecular flexibility index (Phi) is 7.57. The van der Waals surface area contributed by atoms with Crippen molar-refractivity contribution in [2.75, 3.05) is 6.54 Å². The first-order chi connectivity index (χ1) is 19.4. The Hall–Kier alpha value is -4.24. The Morgan fingerprint density at radius 1 is 1.07 bits per heavy atom. The maximum atomic E-state index is 15.6. The van der Waals surface area contributed by atoms with Crippen LogP contribution in [0.25, 0.3) is 28.5 Å². The number of hydrogen-bond acceptors (Lipinski definition) is 4. The van der Waals surface area contributed by atoms with E-state index in [0.717, 1.165) is 52.2 Å². The summed E-state index contributed by atoms with van der Waals surface area (Å²) in [5, 5.41) is 13.1. The second-order valence-electron chi connectivity index (χ2n) is 11.2. The van der Waals surface area contributed by atoms with Crippen molar-refractivity contribution in [1.29, 1.82) is 0 Å². The molecule has 1 aliphatic heterocycles. The molecule has 2 aromatic carbocycles. The number of carboxylic acid groups (broad SMARTS) is 1. The van der Waals surface area contributed by atoms with E-state index in [-0.39, 0.29) is 23.7 Å². The third-order valence-electron chi connectivity index (χ3n) is 7.30. The fraction of sp³-hybridized carbons (Fsp3) is 0.281. The van der Waals surface area contributed by atoms with E-state index >= 15 is 8.78 Å². The fourth-order valence-corrected chi connectivity index (χ4v) is 5.52. The van der Waals surface area contributed by atoms with Crippen LogP contribution in [0.5, 0.6) is 0 Å². The highest BCUT2D eigenvalue weighted by atomic mass is 19.1. The summed E-state index contributed by atoms with van der Waals surface area (Å²) in [6, 6.07) is 10.8. The highest BCUT2D eigenvalue weighted by Gasteiger charge is 2.39. The molecule has 0 aliphatic carbocycles. The minimum Gasteiger partial charge on any atom is -0.478 e. The summed E-state index contributed by atoms with van der Waals surface area (Å²) in [6.45, 7) is 4.80. The molecule has 2 atom stereocenters. The van der Waals surface area contributed by atoms with Gasteiger partial charge in [-0.15, -0.1) is 0 Å². The van der Waals surface area contributed by atoms with Gasteiger partial charge in [0, 0.05) is 54.8 Å². The number of fused-ring (bicyclic) bond motifs is 1. The van der Waals surface area contributed by atoms with Gasteiger partial charge in [-0.25, -0.2) is 18.0 Å². The van der Waals surface area contributed by atoms with Crippen LogP contribution in [0.2, 0.25) is 0 Å². The normalized spacial score (nSPS) is 17.6. The van der Waals surface area contributed by atoms with Crippen LogP contribution >= 0.6 is 0 Å². The van der Waals surface area contributed by atoms with Gasteiger partial charge in [0.1, 0.15) is 17.3 Å². The number of carbonyl (C=O) groups is 1. The van der Waals surface area contributed by atoms with Crippen molar-refractivity contribution < 1.29 is 23.1 Å².